The van der Waals surface area contributed by atoms with Crippen LogP contribution in [0.4, 0.5) is 0 Å². The van der Waals surface area contributed by atoms with Crippen LogP contribution in [0.5, 0.6) is 0 Å². The van der Waals surface area contributed by atoms with Crippen LogP contribution in [0.15, 0.2) is 24.7 Å². The highest BCUT2D eigenvalue weighted by Crippen LogP contribution is 2.27. The fraction of sp³-hybridized carbons (Fsp3) is 0.100. The van der Waals surface area contributed by atoms with Gasteiger partial charge in [0.25, 0.3) is 0 Å². The molecule has 0 amide bonds. The second-order valence-electron chi connectivity index (χ2n) is 3.37. The van der Waals surface area contributed by atoms with Crippen molar-refractivity contribution < 1.29 is 0 Å². The first kappa shape index (κ1) is 10.2. The molecule has 0 aliphatic carbocycles. The summed E-state index contributed by atoms with van der Waals surface area (Å²) in [6.07, 6.45) is 5.46. The van der Waals surface area contributed by atoms with Gasteiger partial charge < -0.3 is 0 Å². The maximum atomic E-state index is 4.53. The van der Waals surface area contributed by atoms with E-state index in [0.717, 1.165) is 19.2 Å². The van der Waals surface area contributed by atoms with Crippen LogP contribution in [0.3, 0.4) is 0 Å². The topological polar surface area (TPSA) is 43.1 Å². The minimum Gasteiger partial charge on any atom is -0.264 e. The van der Waals surface area contributed by atoms with Gasteiger partial charge in [-0.05, 0) is 41.1 Å². The van der Waals surface area contributed by atoms with E-state index >= 15 is 0 Å². The van der Waals surface area contributed by atoms with E-state index in [4.69, 9.17) is 0 Å². The van der Waals surface area contributed by atoms with Crippen molar-refractivity contribution in [3.63, 3.8) is 0 Å². The van der Waals surface area contributed by atoms with E-state index in [0.29, 0.717) is 0 Å². The minimum absolute atomic E-state index is 0.919. The summed E-state index contributed by atoms with van der Waals surface area (Å²) in [4.78, 5) is 9.34. The van der Waals surface area contributed by atoms with Crippen molar-refractivity contribution in [1.82, 2.24) is 19.6 Å². The number of aromatic nitrogens is 4. The Morgan fingerprint density at radius 1 is 1.38 bits per heavy atom. The smallest absolute Gasteiger partial charge is 0.213 e. The number of hydrogen-bond donors (Lipinski definition) is 0. The third-order valence-electron chi connectivity index (χ3n) is 2.31. The molecule has 0 bridgehead atoms. The largest absolute Gasteiger partial charge is 0.264 e. The lowest BCUT2D eigenvalue weighted by Crippen LogP contribution is -1.88. The Hall–Kier alpha value is -1.02. The molecular weight excluding hydrogens is 335 g/mol. The number of fused-ring (bicyclic) bond motifs is 1. The Morgan fingerprint density at radius 3 is 3.00 bits per heavy atom. The zero-order valence-electron chi connectivity index (χ0n) is 8.38. The Labute approximate surface area is 110 Å². The molecule has 4 nitrogen and oxygen atoms in total. The van der Waals surface area contributed by atoms with Crippen molar-refractivity contribution in [3.8, 4) is 10.6 Å². The van der Waals surface area contributed by atoms with Crippen molar-refractivity contribution >= 4 is 38.9 Å². The molecule has 0 saturated carbocycles. The molecule has 3 rings (SSSR count). The molecule has 3 aromatic heterocycles. The summed E-state index contributed by atoms with van der Waals surface area (Å²) in [5.74, 6) is 0. The maximum absolute atomic E-state index is 4.53. The van der Waals surface area contributed by atoms with Crippen LogP contribution < -0.4 is 0 Å². The highest BCUT2D eigenvalue weighted by molar-refractivity contribution is 14.1. The summed E-state index contributed by atoms with van der Waals surface area (Å²) in [5, 5.41) is 5.49. The zero-order chi connectivity index (χ0) is 11.1. The van der Waals surface area contributed by atoms with Crippen LogP contribution in [-0.2, 0) is 0 Å². The molecule has 0 fully saturated rings. The van der Waals surface area contributed by atoms with E-state index in [1.807, 2.05) is 23.0 Å². The molecule has 0 spiro atoms. The van der Waals surface area contributed by atoms with Crippen molar-refractivity contribution in [2.45, 2.75) is 6.92 Å². The van der Waals surface area contributed by atoms with Crippen molar-refractivity contribution in [1.29, 1.82) is 0 Å². The maximum Gasteiger partial charge on any atom is 0.213 e. The predicted molar refractivity (Wildman–Crippen MR) is 71.5 cm³/mol. The van der Waals surface area contributed by atoms with Crippen molar-refractivity contribution in [2.24, 2.45) is 0 Å². The van der Waals surface area contributed by atoms with Gasteiger partial charge in [0.2, 0.25) is 4.96 Å². The monoisotopic (exact) mass is 342 g/mol. The lowest BCUT2D eigenvalue weighted by atomic mass is 10.2. The molecule has 0 radical (unpaired) electrons. The molecule has 16 heavy (non-hydrogen) atoms. The van der Waals surface area contributed by atoms with Gasteiger partial charge in [-0.1, -0.05) is 11.3 Å². The summed E-state index contributed by atoms with van der Waals surface area (Å²) >= 11 is 3.81. The van der Waals surface area contributed by atoms with E-state index in [1.165, 1.54) is 5.56 Å². The summed E-state index contributed by atoms with van der Waals surface area (Å²) in [5.41, 5.74) is 2.26. The standard InChI is InChI=1S/C10H7IN4S/c1-6-2-3-12-4-7(6)9-14-15-8(11)5-13-10(15)16-9/h2-5H,1H3. The van der Waals surface area contributed by atoms with Crippen molar-refractivity contribution in [2.75, 3.05) is 0 Å². The Bertz CT molecular complexity index is 658. The number of aryl methyl sites for hydroxylation is 1. The molecule has 3 aromatic rings. The quantitative estimate of drug-likeness (QED) is 0.639. The zero-order valence-corrected chi connectivity index (χ0v) is 11.4. The highest BCUT2D eigenvalue weighted by Gasteiger charge is 2.11. The number of nitrogens with zero attached hydrogens (tertiary/aromatic N) is 4. The Balaban J connectivity index is 2.23. The summed E-state index contributed by atoms with van der Waals surface area (Å²) in [6.45, 7) is 2.06. The molecule has 80 valence electrons. The van der Waals surface area contributed by atoms with Gasteiger partial charge in [0.05, 0.1) is 6.20 Å². The van der Waals surface area contributed by atoms with E-state index in [2.05, 4.69) is 44.6 Å². The fourth-order valence-corrected chi connectivity index (χ4v) is 3.05. The Kier molecular flexibility index (Phi) is 2.40. The average Bonchev–Trinajstić information content (AvgIpc) is 2.82. The number of halogens is 1. The average molecular weight is 342 g/mol. The first-order valence-corrected chi connectivity index (χ1v) is 6.56. The second-order valence-corrected chi connectivity index (χ2v) is 5.43. The van der Waals surface area contributed by atoms with Crippen LogP contribution in [0.2, 0.25) is 0 Å². The normalized spacial score (nSPS) is 11.1. The summed E-state index contributed by atoms with van der Waals surface area (Å²) in [6, 6.07) is 1.99. The summed E-state index contributed by atoms with van der Waals surface area (Å²) < 4.78 is 2.88. The van der Waals surface area contributed by atoms with E-state index in [9.17, 15) is 0 Å². The van der Waals surface area contributed by atoms with Crippen molar-refractivity contribution in [3.05, 3.63) is 33.9 Å². The number of hydrogen-bond acceptors (Lipinski definition) is 4. The van der Waals surface area contributed by atoms with Gasteiger partial charge in [0.15, 0.2) is 0 Å². The number of rotatable bonds is 1. The van der Waals surface area contributed by atoms with Gasteiger partial charge in [0.1, 0.15) is 8.71 Å². The predicted octanol–water partition coefficient (Wildman–Crippen LogP) is 2.77. The highest BCUT2D eigenvalue weighted by atomic mass is 127. The van der Waals surface area contributed by atoms with Crippen LogP contribution in [0.25, 0.3) is 15.5 Å². The fourth-order valence-electron chi connectivity index (χ4n) is 1.46. The SMILES string of the molecule is Cc1ccncc1-c1nn2c(I)cnc2s1. The molecule has 0 saturated heterocycles. The lowest BCUT2D eigenvalue weighted by Gasteiger charge is -1.98. The molecule has 0 aliphatic rings. The molecule has 6 heteroatoms. The van der Waals surface area contributed by atoms with Gasteiger partial charge in [0, 0.05) is 18.0 Å². The molecule has 0 atom stereocenters. The molecule has 3 heterocycles. The first-order chi connectivity index (χ1) is 7.75. The van der Waals surface area contributed by atoms with Gasteiger partial charge >= 0.3 is 0 Å². The van der Waals surface area contributed by atoms with Gasteiger partial charge in [-0.2, -0.15) is 9.61 Å². The van der Waals surface area contributed by atoms with Crippen LogP contribution in [-0.4, -0.2) is 19.6 Å². The van der Waals surface area contributed by atoms with Gasteiger partial charge in [-0.15, -0.1) is 0 Å². The number of pyridine rings is 1. The molecule has 0 aliphatic heterocycles. The Morgan fingerprint density at radius 2 is 2.25 bits per heavy atom. The van der Waals surface area contributed by atoms with Crippen LogP contribution in [0.1, 0.15) is 5.56 Å². The summed E-state index contributed by atoms with van der Waals surface area (Å²) in [7, 11) is 0. The molecule has 0 unspecified atom stereocenters. The van der Waals surface area contributed by atoms with E-state index in [1.54, 1.807) is 17.5 Å². The molecule has 0 N–H and O–H groups in total. The van der Waals surface area contributed by atoms with E-state index < -0.39 is 0 Å². The molecular formula is C10H7IN4S. The minimum atomic E-state index is 0.919. The molecule has 0 aromatic carbocycles. The third kappa shape index (κ3) is 1.52. The van der Waals surface area contributed by atoms with Crippen LogP contribution in [0, 0.1) is 10.6 Å². The number of imidazole rings is 1. The van der Waals surface area contributed by atoms with E-state index in [-0.39, 0.29) is 0 Å². The second kappa shape index (κ2) is 3.77. The third-order valence-corrected chi connectivity index (χ3v) is 4.00. The lowest BCUT2D eigenvalue weighted by molar-refractivity contribution is 0.951. The van der Waals surface area contributed by atoms with Gasteiger partial charge in [-0.3, -0.25) is 4.98 Å². The first-order valence-electron chi connectivity index (χ1n) is 4.67. The van der Waals surface area contributed by atoms with Crippen LogP contribution >= 0.6 is 33.9 Å². The van der Waals surface area contributed by atoms with Gasteiger partial charge in [-0.25, -0.2) is 4.98 Å².